The van der Waals surface area contributed by atoms with E-state index in [1.807, 2.05) is 0 Å². The zero-order valence-corrected chi connectivity index (χ0v) is 10.5. The van der Waals surface area contributed by atoms with Gasteiger partial charge in [-0.2, -0.15) is 0 Å². The molecule has 0 unspecified atom stereocenters. The lowest BCUT2D eigenvalue weighted by atomic mass is 10.1. The molecule has 2 rings (SSSR count). The lowest BCUT2D eigenvalue weighted by Gasteiger charge is -2.06. The van der Waals surface area contributed by atoms with E-state index in [1.165, 1.54) is 18.2 Å². The van der Waals surface area contributed by atoms with Crippen molar-refractivity contribution in [2.24, 2.45) is 0 Å². The normalized spacial score (nSPS) is 10.4. The number of phenolic OH excluding ortho intramolecular Hbond substituents is 1. The first-order valence-electron chi connectivity index (χ1n) is 5.97. The van der Waals surface area contributed by atoms with Crippen molar-refractivity contribution in [1.29, 1.82) is 0 Å². The monoisotopic (exact) mass is 276 g/mol. The van der Waals surface area contributed by atoms with Crippen LogP contribution in [0.15, 0.2) is 42.5 Å². The number of aromatic hydroxyl groups is 1. The Labute approximate surface area is 114 Å². The molecule has 0 amide bonds. The van der Waals surface area contributed by atoms with E-state index >= 15 is 0 Å². The zero-order valence-electron chi connectivity index (χ0n) is 10.5. The molecule has 6 heteroatoms. The van der Waals surface area contributed by atoms with Gasteiger partial charge in [0.05, 0.1) is 4.92 Å². The van der Waals surface area contributed by atoms with Crippen molar-refractivity contribution < 1.29 is 14.4 Å². The smallest absolute Gasteiger partial charge is 0.273 e. The van der Waals surface area contributed by atoms with E-state index in [1.54, 1.807) is 18.2 Å². The number of para-hydroxylation sites is 1. The molecule has 0 aliphatic carbocycles. The second kappa shape index (κ2) is 6.12. The molecule has 0 aliphatic rings. The highest BCUT2D eigenvalue weighted by Gasteiger charge is 2.11. The van der Waals surface area contributed by atoms with Gasteiger partial charge in [-0.1, -0.05) is 18.2 Å². The number of nitrogens with zero attached hydrogens (tertiary/aromatic N) is 1. The van der Waals surface area contributed by atoms with Crippen LogP contribution >= 0.6 is 0 Å². The van der Waals surface area contributed by atoms with Crippen LogP contribution in [0.1, 0.15) is 11.1 Å². The van der Waals surface area contributed by atoms with Crippen LogP contribution in [0.25, 0.3) is 0 Å². The Bertz CT molecular complexity index is 611. The van der Waals surface area contributed by atoms with E-state index in [2.05, 4.69) is 5.32 Å². The summed E-state index contributed by atoms with van der Waals surface area (Å²) in [6.07, 6.45) is 0. The maximum Gasteiger partial charge on any atom is 0.273 e. The predicted octanol–water partition coefficient (Wildman–Crippen LogP) is 2.73. The molecule has 0 bridgehead atoms. The van der Waals surface area contributed by atoms with E-state index in [0.29, 0.717) is 17.7 Å². The molecule has 0 saturated heterocycles. The molecular weight excluding hydrogens is 263 g/mol. The van der Waals surface area contributed by atoms with Crippen molar-refractivity contribution in [3.8, 4) is 5.75 Å². The van der Waals surface area contributed by atoms with Gasteiger partial charge in [0.2, 0.25) is 0 Å². The minimum absolute atomic E-state index is 0.0436. The molecule has 0 fully saturated rings. The third-order valence-electron chi connectivity index (χ3n) is 2.78. The van der Waals surface area contributed by atoms with E-state index in [0.717, 1.165) is 6.07 Å². The minimum atomic E-state index is -0.521. The number of nitrogens with one attached hydrogen (secondary N) is 1. The van der Waals surface area contributed by atoms with Crippen molar-refractivity contribution >= 4 is 5.69 Å². The van der Waals surface area contributed by atoms with Gasteiger partial charge in [-0.25, -0.2) is 4.39 Å². The van der Waals surface area contributed by atoms with Gasteiger partial charge in [0.15, 0.2) is 0 Å². The van der Waals surface area contributed by atoms with Crippen LogP contribution in [0.4, 0.5) is 10.1 Å². The first-order valence-corrected chi connectivity index (χ1v) is 5.97. The van der Waals surface area contributed by atoms with E-state index in [-0.39, 0.29) is 18.0 Å². The third-order valence-corrected chi connectivity index (χ3v) is 2.78. The highest BCUT2D eigenvalue weighted by atomic mass is 19.1. The Morgan fingerprint density at radius 2 is 1.95 bits per heavy atom. The Morgan fingerprint density at radius 3 is 2.65 bits per heavy atom. The van der Waals surface area contributed by atoms with Crippen molar-refractivity contribution in [2.45, 2.75) is 13.1 Å². The van der Waals surface area contributed by atoms with Crippen LogP contribution < -0.4 is 5.32 Å². The van der Waals surface area contributed by atoms with Gasteiger partial charge >= 0.3 is 0 Å². The van der Waals surface area contributed by atoms with Gasteiger partial charge < -0.3 is 10.4 Å². The fourth-order valence-electron chi connectivity index (χ4n) is 1.92. The van der Waals surface area contributed by atoms with Crippen molar-refractivity contribution in [3.63, 3.8) is 0 Å². The molecule has 2 N–H and O–H groups in total. The maximum absolute atomic E-state index is 13.1. The maximum atomic E-state index is 13.1. The Morgan fingerprint density at radius 1 is 1.20 bits per heavy atom. The minimum Gasteiger partial charge on any atom is -0.508 e. The summed E-state index contributed by atoms with van der Waals surface area (Å²) in [4.78, 5) is 10.4. The van der Waals surface area contributed by atoms with Crippen LogP contribution in [0, 0.1) is 15.9 Å². The first kappa shape index (κ1) is 14.0. The second-order valence-electron chi connectivity index (χ2n) is 4.31. The van der Waals surface area contributed by atoms with Crippen molar-refractivity contribution in [1.82, 2.24) is 5.32 Å². The number of nitro groups is 1. The number of halogens is 1. The summed E-state index contributed by atoms with van der Waals surface area (Å²) in [5, 5.41) is 23.1. The number of nitro benzene ring substituents is 1. The third kappa shape index (κ3) is 3.52. The standard InChI is InChI=1S/C14H13FN2O3/c15-12-5-10(6-13(18)7-12)8-16-9-11-3-1-2-4-14(11)17(19)20/h1-7,16,18H,8-9H2. The number of benzene rings is 2. The van der Waals surface area contributed by atoms with Crippen molar-refractivity contribution in [3.05, 3.63) is 69.5 Å². The molecule has 0 aromatic heterocycles. The molecule has 2 aromatic rings. The van der Waals surface area contributed by atoms with Crippen LogP contribution in [0.3, 0.4) is 0 Å². The summed E-state index contributed by atoms with van der Waals surface area (Å²) in [7, 11) is 0. The number of rotatable bonds is 5. The van der Waals surface area contributed by atoms with Gasteiger partial charge in [-0.05, 0) is 17.7 Å². The van der Waals surface area contributed by atoms with E-state index in [4.69, 9.17) is 0 Å². The lowest BCUT2D eigenvalue weighted by Crippen LogP contribution is -2.13. The van der Waals surface area contributed by atoms with E-state index in [9.17, 15) is 19.6 Å². The summed E-state index contributed by atoms with van der Waals surface area (Å²) in [6, 6.07) is 10.2. The largest absolute Gasteiger partial charge is 0.508 e. The SMILES string of the molecule is O=[N+]([O-])c1ccccc1CNCc1cc(O)cc(F)c1. The number of phenols is 1. The van der Waals surface area contributed by atoms with Crippen LogP contribution in [0.5, 0.6) is 5.75 Å². The van der Waals surface area contributed by atoms with Crippen LogP contribution in [-0.4, -0.2) is 10.0 Å². The molecule has 0 atom stereocenters. The highest BCUT2D eigenvalue weighted by molar-refractivity contribution is 5.39. The summed E-state index contributed by atoms with van der Waals surface area (Å²) >= 11 is 0. The Balaban J connectivity index is 2.01. The first-order chi connectivity index (χ1) is 9.56. The Hall–Kier alpha value is -2.47. The molecule has 0 saturated carbocycles. The van der Waals surface area contributed by atoms with Gasteiger partial charge in [-0.15, -0.1) is 0 Å². The fourth-order valence-corrected chi connectivity index (χ4v) is 1.92. The van der Waals surface area contributed by atoms with E-state index < -0.39 is 10.7 Å². The topological polar surface area (TPSA) is 75.4 Å². The van der Waals surface area contributed by atoms with Crippen molar-refractivity contribution in [2.75, 3.05) is 0 Å². The van der Waals surface area contributed by atoms with Gasteiger partial charge in [-0.3, -0.25) is 10.1 Å². The lowest BCUT2D eigenvalue weighted by molar-refractivity contribution is -0.385. The fraction of sp³-hybridized carbons (Fsp3) is 0.143. The molecule has 0 radical (unpaired) electrons. The Kier molecular flexibility index (Phi) is 4.27. The average molecular weight is 276 g/mol. The zero-order chi connectivity index (χ0) is 14.5. The molecule has 0 heterocycles. The van der Waals surface area contributed by atoms with Crippen LogP contribution in [0.2, 0.25) is 0 Å². The number of hydrogen-bond donors (Lipinski definition) is 2. The van der Waals surface area contributed by atoms with Gasteiger partial charge in [0.25, 0.3) is 5.69 Å². The van der Waals surface area contributed by atoms with Gasteiger partial charge in [0.1, 0.15) is 11.6 Å². The van der Waals surface area contributed by atoms with Crippen LogP contribution in [-0.2, 0) is 13.1 Å². The molecule has 0 aliphatic heterocycles. The summed E-state index contributed by atoms with van der Waals surface area (Å²) < 4.78 is 13.1. The predicted molar refractivity (Wildman–Crippen MR) is 71.7 cm³/mol. The average Bonchev–Trinajstić information content (AvgIpc) is 2.38. The highest BCUT2D eigenvalue weighted by Crippen LogP contribution is 2.18. The molecular formula is C14H13FN2O3. The second-order valence-corrected chi connectivity index (χ2v) is 4.31. The molecule has 5 nitrogen and oxygen atoms in total. The molecule has 20 heavy (non-hydrogen) atoms. The molecule has 0 spiro atoms. The summed E-state index contributed by atoms with van der Waals surface area (Å²) in [5.41, 5.74) is 1.17. The molecule has 2 aromatic carbocycles. The van der Waals surface area contributed by atoms with Gasteiger partial charge in [0, 0.05) is 30.8 Å². The summed E-state index contributed by atoms with van der Waals surface area (Å²) in [6.45, 7) is 0.589. The molecule has 104 valence electrons. The quantitative estimate of drug-likeness (QED) is 0.650. The summed E-state index contributed by atoms with van der Waals surface area (Å²) in [5.74, 6) is -0.667. The number of hydrogen-bond acceptors (Lipinski definition) is 4.